The van der Waals surface area contributed by atoms with E-state index in [-0.39, 0.29) is 6.03 Å². The maximum absolute atomic E-state index is 11.6. The Morgan fingerprint density at radius 3 is 2.21 bits per heavy atom. The lowest BCUT2D eigenvalue weighted by molar-refractivity contribution is -0.117. The SMILES string of the molecule is CN(C)C(=O)N1CC2CC(=O)CC2C1. The minimum Gasteiger partial charge on any atom is -0.331 e. The molecule has 0 spiro atoms. The monoisotopic (exact) mass is 196 g/mol. The average Bonchev–Trinajstić information content (AvgIpc) is 2.59. The van der Waals surface area contributed by atoms with Gasteiger partial charge in [0.15, 0.2) is 0 Å². The topological polar surface area (TPSA) is 40.6 Å². The van der Waals surface area contributed by atoms with E-state index in [1.54, 1.807) is 19.0 Å². The normalized spacial score (nSPS) is 30.7. The molecule has 1 aliphatic carbocycles. The zero-order valence-corrected chi connectivity index (χ0v) is 8.69. The zero-order valence-electron chi connectivity index (χ0n) is 8.69. The first-order valence-corrected chi connectivity index (χ1v) is 5.06. The highest BCUT2D eigenvalue weighted by atomic mass is 16.2. The van der Waals surface area contributed by atoms with E-state index in [4.69, 9.17) is 0 Å². The van der Waals surface area contributed by atoms with Crippen LogP contribution < -0.4 is 0 Å². The van der Waals surface area contributed by atoms with Crippen LogP contribution in [0.5, 0.6) is 0 Å². The highest BCUT2D eigenvalue weighted by Gasteiger charge is 2.41. The van der Waals surface area contributed by atoms with Gasteiger partial charge >= 0.3 is 6.03 Å². The first-order chi connectivity index (χ1) is 6.58. The molecule has 0 aromatic carbocycles. The molecule has 1 aliphatic heterocycles. The molecular formula is C10H16N2O2. The summed E-state index contributed by atoms with van der Waals surface area (Å²) in [6.45, 7) is 1.54. The van der Waals surface area contributed by atoms with Crippen molar-refractivity contribution in [2.75, 3.05) is 27.2 Å². The minimum atomic E-state index is 0.0758. The van der Waals surface area contributed by atoms with Gasteiger partial charge in [-0.15, -0.1) is 0 Å². The second kappa shape index (κ2) is 3.26. The molecule has 2 amide bonds. The fourth-order valence-corrected chi connectivity index (χ4v) is 2.51. The standard InChI is InChI=1S/C10H16N2O2/c1-11(2)10(14)12-5-7-3-9(13)4-8(7)6-12/h7-8H,3-6H2,1-2H3. The number of likely N-dealkylation sites (tertiary alicyclic amines) is 1. The number of carbonyl (C=O) groups is 2. The zero-order chi connectivity index (χ0) is 10.3. The van der Waals surface area contributed by atoms with Gasteiger partial charge in [-0.2, -0.15) is 0 Å². The molecule has 0 bridgehead atoms. The number of carbonyl (C=O) groups excluding carboxylic acids is 2. The van der Waals surface area contributed by atoms with Crippen molar-refractivity contribution in [3.63, 3.8) is 0 Å². The quantitative estimate of drug-likeness (QED) is 0.568. The number of rotatable bonds is 0. The summed E-state index contributed by atoms with van der Waals surface area (Å²) in [5, 5.41) is 0. The Morgan fingerprint density at radius 2 is 1.79 bits per heavy atom. The second-order valence-electron chi connectivity index (χ2n) is 4.55. The largest absolute Gasteiger partial charge is 0.331 e. The maximum atomic E-state index is 11.6. The van der Waals surface area contributed by atoms with Gasteiger partial charge in [0.2, 0.25) is 0 Å². The van der Waals surface area contributed by atoms with E-state index in [1.807, 2.05) is 4.90 Å². The first-order valence-electron chi connectivity index (χ1n) is 5.06. The third-order valence-electron chi connectivity index (χ3n) is 3.21. The molecule has 2 atom stereocenters. The van der Waals surface area contributed by atoms with E-state index in [0.29, 0.717) is 30.5 Å². The molecule has 2 unspecified atom stereocenters. The average molecular weight is 196 g/mol. The molecule has 4 nitrogen and oxygen atoms in total. The van der Waals surface area contributed by atoms with Gasteiger partial charge in [-0.3, -0.25) is 4.79 Å². The van der Waals surface area contributed by atoms with E-state index in [0.717, 1.165) is 13.1 Å². The van der Waals surface area contributed by atoms with E-state index >= 15 is 0 Å². The third kappa shape index (κ3) is 1.49. The number of Topliss-reactive ketones (excluding diaryl/α,β-unsaturated/α-hetero) is 1. The first kappa shape index (κ1) is 9.49. The molecule has 78 valence electrons. The van der Waals surface area contributed by atoms with Crippen molar-refractivity contribution in [1.29, 1.82) is 0 Å². The Hall–Kier alpha value is -1.06. The second-order valence-corrected chi connectivity index (χ2v) is 4.55. The predicted molar refractivity (Wildman–Crippen MR) is 51.9 cm³/mol. The van der Waals surface area contributed by atoms with Crippen LogP contribution in [-0.4, -0.2) is 48.8 Å². The Kier molecular flexibility index (Phi) is 2.21. The van der Waals surface area contributed by atoms with Crippen LogP contribution in [0.2, 0.25) is 0 Å². The highest BCUT2D eigenvalue weighted by Crippen LogP contribution is 2.35. The number of urea groups is 1. The number of ketones is 1. The summed E-state index contributed by atoms with van der Waals surface area (Å²) in [7, 11) is 3.53. The molecule has 1 saturated carbocycles. The van der Waals surface area contributed by atoms with Crippen LogP contribution in [0.4, 0.5) is 4.79 Å². The lowest BCUT2D eigenvalue weighted by Crippen LogP contribution is -2.38. The molecule has 1 saturated heterocycles. The summed E-state index contributed by atoms with van der Waals surface area (Å²) in [5.41, 5.74) is 0. The van der Waals surface area contributed by atoms with Crippen molar-refractivity contribution in [1.82, 2.24) is 9.80 Å². The molecule has 14 heavy (non-hydrogen) atoms. The van der Waals surface area contributed by atoms with Gasteiger partial charge in [0.25, 0.3) is 0 Å². The van der Waals surface area contributed by atoms with Crippen LogP contribution >= 0.6 is 0 Å². The van der Waals surface area contributed by atoms with Crippen LogP contribution in [0.15, 0.2) is 0 Å². The maximum Gasteiger partial charge on any atom is 0.319 e. The Labute approximate surface area is 83.9 Å². The predicted octanol–water partition coefficient (Wildman–Crippen LogP) is 0.579. The van der Waals surface area contributed by atoms with Gasteiger partial charge in [0, 0.05) is 40.0 Å². The van der Waals surface area contributed by atoms with Gasteiger partial charge in [0.1, 0.15) is 5.78 Å². The van der Waals surface area contributed by atoms with E-state index in [2.05, 4.69) is 0 Å². The van der Waals surface area contributed by atoms with Gasteiger partial charge in [-0.25, -0.2) is 4.79 Å². The summed E-state index contributed by atoms with van der Waals surface area (Å²) < 4.78 is 0. The van der Waals surface area contributed by atoms with E-state index in [9.17, 15) is 9.59 Å². The molecular weight excluding hydrogens is 180 g/mol. The molecule has 2 fully saturated rings. The number of hydrogen-bond donors (Lipinski definition) is 0. The van der Waals surface area contributed by atoms with Gasteiger partial charge in [-0.1, -0.05) is 0 Å². The van der Waals surface area contributed by atoms with Crippen LogP contribution in [-0.2, 0) is 4.79 Å². The van der Waals surface area contributed by atoms with Crippen molar-refractivity contribution < 1.29 is 9.59 Å². The number of nitrogens with zero attached hydrogens (tertiary/aromatic N) is 2. The summed E-state index contributed by atoms with van der Waals surface area (Å²) >= 11 is 0. The fraction of sp³-hybridized carbons (Fsp3) is 0.800. The molecule has 0 N–H and O–H groups in total. The van der Waals surface area contributed by atoms with E-state index in [1.165, 1.54) is 0 Å². The van der Waals surface area contributed by atoms with E-state index < -0.39 is 0 Å². The molecule has 0 aromatic rings. The van der Waals surface area contributed by atoms with Crippen LogP contribution in [0.1, 0.15) is 12.8 Å². The van der Waals surface area contributed by atoms with Gasteiger partial charge in [-0.05, 0) is 11.8 Å². The molecule has 2 aliphatic rings. The summed E-state index contributed by atoms with van der Waals surface area (Å²) in [6.07, 6.45) is 1.36. The number of fused-ring (bicyclic) bond motifs is 1. The smallest absolute Gasteiger partial charge is 0.319 e. The van der Waals surface area contributed by atoms with Crippen LogP contribution in [0.3, 0.4) is 0 Å². The third-order valence-corrected chi connectivity index (χ3v) is 3.21. The molecule has 2 rings (SSSR count). The molecule has 4 heteroatoms. The van der Waals surface area contributed by atoms with Crippen molar-refractivity contribution in [3.8, 4) is 0 Å². The van der Waals surface area contributed by atoms with Crippen LogP contribution in [0.25, 0.3) is 0 Å². The Morgan fingerprint density at radius 1 is 1.29 bits per heavy atom. The molecule has 0 aromatic heterocycles. The van der Waals surface area contributed by atoms with Gasteiger partial charge in [0.05, 0.1) is 0 Å². The molecule has 1 heterocycles. The number of amides is 2. The Balaban J connectivity index is 1.97. The number of hydrogen-bond acceptors (Lipinski definition) is 2. The Bertz CT molecular complexity index is 259. The fourth-order valence-electron chi connectivity index (χ4n) is 2.51. The van der Waals surface area contributed by atoms with Crippen molar-refractivity contribution >= 4 is 11.8 Å². The van der Waals surface area contributed by atoms with Crippen molar-refractivity contribution in [3.05, 3.63) is 0 Å². The van der Waals surface area contributed by atoms with Crippen LogP contribution in [0, 0.1) is 11.8 Å². The van der Waals surface area contributed by atoms with Crippen molar-refractivity contribution in [2.45, 2.75) is 12.8 Å². The minimum absolute atomic E-state index is 0.0758. The lowest BCUT2D eigenvalue weighted by atomic mass is 10.0. The summed E-state index contributed by atoms with van der Waals surface area (Å²) in [6, 6.07) is 0.0758. The van der Waals surface area contributed by atoms with Gasteiger partial charge < -0.3 is 9.80 Å². The molecule has 0 radical (unpaired) electrons. The van der Waals surface area contributed by atoms with Crippen molar-refractivity contribution in [2.24, 2.45) is 11.8 Å². The lowest BCUT2D eigenvalue weighted by Gasteiger charge is -2.21. The summed E-state index contributed by atoms with van der Waals surface area (Å²) in [4.78, 5) is 26.2. The highest BCUT2D eigenvalue weighted by molar-refractivity contribution is 5.82. The summed E-state index contributed by atoms with van der Waals surface area (Å²) in [5.74, 6) is 1.25.